The van der Waals surface area contributed by atoms with Gasteiger partial charge in [-0.05, 0) is 67.3 Å². The molecule has 2 aliphatic rings. The number of fused-ring (bicyclic) bond motifs is 2. The number of aromatic nitrogens is 6. The van der Waals surface area contributed by atoms with Crippen LogP contribution < -0.4 is 10.4 Å². The van der Waals surface area contributed by atoms with E-state index < -0.39 is 0 Å². The fourth-order valence-electron chi connectivity index (χ4n) is 5.02. The fraction of sp³-hybridized carbons (Fsp3) is 0.214. The van der Waals surface area contributed by atoms with E-state index >= 15 is 0 Å². The van der Waals surface area contributed by atoms with Crippen molar-refractivity contribution < 1.29 is 0 Å². The van der Waals surface area contributed by atoms with E-state index in [2.05, 4.69) is 39.6 Å². The fourth-order valence-corrected chi connectivity index (χ4v) is 5.02. The van der Waals surface area contributed by atoms with Crippen LogP contribution in [0.15, 0.2) is 22.5 Å². The van der Waals surface area contributed by atoms with Crippen molar-refractivity contribution in [2.24, 2.45) is 0 Å². The van der Waals surface area contributed by atoms with Crippen molar-refractivity contribution in [3.05, 3.63) is 90.2 Å². The molecule has 0 bridgehead atoms. The molecule has 0 saturated heterocycles. The lowest BCUT2D eigenvalue weighted by Gasteiger charge is -2.15. The van der Waals surface area contributed by atoms with Gasteiger partial charge in [0.2, 0.25) is 0 Å². The van der Waals surface area contributed by atoms with Gasteiger partial charge in [-0.25, -0.2) is 29.9 Å². The molecule has 180 valence electrons. The Morgan fingerprint density at radius 2 is 1.08 bits per heavy atom. The minimum atomic E-state index is -0.00918. The Morgan fingerprint density at radius 1 is 0.684 bits per heavy atom. The van der Waals surface area contributed by atoms with Crippen molar-refractivity contribution in [2.75, 3.05) is 0 Å². The standard InChI is InChI=1S/C28H18N10/c1-13-33-14(2)36-27(35-13)24-20-7-17(19(11-29)12-30)8-21(20)25(28-37-15(3)34-16(4)38-28)23-10-18(9-22(23)24)26(31-5)32-6/h7,10H,8-9H2,1-4H3. The summed E-state index contributed by atoms with van der Waals surface area (Å²) in [7, 11) is 0. The molecule has 0 fully saturated rings. The summed E-state index contributed by atoms with van der Waals surface area (Å²) in [6.07, 6.45) is 4.29. The lowest BCUT2D eigenvalue weighted by molar-refractivity contribution is 0.919. The topological polar surface area (TPSA) is 134 Å². The second kappa shape index (κ2) is 9.13. The van der Waals surface area contributed by atoms with Gasteiger partial charge in [0, 0.05) is 17.5 Å². The predicted molar refractivity (Wildman–Crippen MR) is 137 cm³/mol. The van der Waals surface area contributed by atoms with Crippen LogP contribution in [0.3, 0.4) is 0 Å². The highest BCUT2D eigenvalue weighted by Crippen LogP contribution is 2.33. The molecule has 0 aliphatic heterocycles. The second-order valence-corrected chi connectivity index (χ2v) is 8.88. The molecule has 0 radical (unpaired) electrons. The number of nitriles is 2. The first-order valence-electron chi connectivity index (χ1n) is 11.6. The molecule has 0 amide bonds. The zero-order valence-corrected chi connectivity index (χ0v) is 21.0. The van der Waals surface area contributed by atoms with E-state index in [1.165, 1.54) is 0 Å². The first kappa shape index (κ1) is 24.1. The first-order chi connectivity index (χ1) is 18.3. The number of rotatable bonds is 2. The minimum absolute atomic E-state index is 0.00918. The highest BCUT2D eigenvalue weighted by Gasteiger charge is 2.31. The quantitative estimate of drug-likeness (QED) is 0.392. The molecule has 1 aromatic carbocycles. The molecule has 38 heavy (non-hydrogen) atoms. The van der Waals surface area contributed by atoms with Crippen LogP contribution in [0.2, 0.25) is 0 Å². The highest BCUT2D eigenvalue weighted by atomic mass is 15.0. The minimum Gasteiger partial charge on any atom is -0.219 e. The van der Waals surface area contributed by atoms with Gasteiger partial charge in [-0.15, -0.1) is 0 Å². The molecule has 0 spiro atoms. The maximum absolute atomic E-state index is 9.62. The Bertz CT molecular complexity index is 1740. The normalized spacial score (nSPS) is 12.7. The van der Waals surface area contributed by atoms with Gasteiger partial charge in [0.15, 0.2) is 11.6 Å². The molecule has 0 unspecified atom stereocenters. The summed E-state index contributed by atoms with van der Waals surface area (Å²) in [5.41, 5.74) is 4.29. The SMILES string of the molecule is [C-]#[N+]C([N+]#[C-])=C1C=c2c(c(-c3nc(C)nc(C)n3)c3c(c2-c2nc(C)nc(C)n2)CC(=C(C#N)C#N)C=3)C1. The second-order valence-electron chi connectivity index (χ2n) is 8.88. The third-order valence-electron chi connectivity index (χ3n) is 6.37. The van der Waals surface area contributed by atoms with Crippen LogP contribution in [0.4, 0.5) is 0 Å². The van der Waals surface area contributed by atoms with Crippen LogP contribution in [0.5, 0.6) is 0 Å². The van der Waals surface area contributed by atoms with E-state index in [0.717, 1.165) is 32.7 Å². The van der Waals surface area contributed by atoms with Crippen LogP contribution in [0.1, 0.15) is 34.4 Å². The maximum Gasteiger partial charge on any atom is 0.522 e. The Hall–Kier alpha value is -5.58. The van der Waals surface area contributed by atoms with Crippen molar-refractivity contribution in [2.45, 2.75) is 40.5 Å². The van der Waals surface area contributed by atoms with Crippen LogP contribution in [0.25, 0.3) is 44.6 Å². The van der Waals surface area contributed by atoms with Gasteiger partial charge in [0.25, 0.3) is 0 Å². The molecule has 2 heterocycles. The van der Waals surface area contributed by atoms with Crippen molar-refractivity contribution in [1.82, 2.24) is 29.9 Å². The number of allylic oxidation sites excluding steroid dienone is 3. The number of aryl methyl sites for hydroxylation is 4. The van der Waals surface area contributed by atoms with E-state index in [1.807, 2.05) is 24.3 Å². The molecule has 10 heteroatoms. The summed E-state index contributed by atoms with van der Waals surface area (Å²) in [6.45, 7) is 22.2. The largest absolute Gasteiger partial charge is 0.522 e. The van der Waals surface area contributed by atoms with Gasteiger partial charge < -0.3 is 0 Å². The van der Waals surface area contributed by atoms with Gasteiger partial charge in [-0.1, -0.05) is 6.08 Å². The predicted octanol–water partition coefficient (Wildman–Crippen LogP) is 2.69. The monoisotopic (exact) mass is 494 g/mol. The summed E-state index contributed by atoms with van der Waals surface area (Å²) in [5, 5.41) is 20.8. The summed E-state index contributed by atoms with van der Waals surface area (Å²) in [4.78, 5) is 34.0. The van der Waals surface area contributed by atoms with Gasteiger partial charge in [-0.2, -0.15) is 20.2 Å². The highest BCUT2D eigenvalue weighted by molar-refractivity contribution is 5.84. The van der Waals surface area contributed by atoms with Crippen molar-refractivity contribution in [3.8, 4) is 34.9 Å². The van der Waals surface area contributed by atoms with Crippen LogP contribution >= 0.6 is 0 Å². The van der Waals surface area contributed by atoms with Gasteiger partial charge in [0.1, 0.15) is 54.2 Å². The van der Waals surface area contributed by atoms with Gasteiger partial charge in [0.05, 0.1) is 5.57 Å². The van der Waals surface area contributed by atoms with E-state index in [9.17, 15) is 10.5 Å². The van der Waals surface area contributed by atoms with Crippen LogP contribution in [-0.4, -0.2) is 29.9 Å². The molecule has 10 nitrogen and oxygen atoms in total. The molecule has 5 rings (SSSR count). The molecule has 2 aliphatic carbocycles. The smallest absolute Gasteiger partial charge is 0.219 e. The Balaban J connectivity index is 2.02. The number of hydrogen-bond donors (Lipinski definition) is 0. The van der Waals surface area contributed by atoms with Gasteiger partial charge >= 0.3 is 5.82 Å². The molecule has 0 N–H and O–H groups in total. The number of nitrogens with zero attached hydrogens (tertiary/aromatic N) is 10. The average molecular weight is 495 g/mol. The Kier molecular flexibility index (Phi) is 5.80. The third kappa shape index (κ3) is 3.88. The zero-order valence-electron chi connectivity index (χ0n) is 21.0. The van der Waals surface area contributed by atoms with Gasteiger partial charge in [-0.3, -0.25) is 0 Å². The molecular weight excluding hydrogens is 476 g/mol. The van der Waals surface area contributed by atoms with Crippen LogP contribution in [-0.2, 0) is 12.8 Å². The lowest BCUT2D eigenvalue weighted by Crippen LogP contribution is -2.25. The van der Waals surface area contributed by atoms with E-state index in [-0.39, 0.29) is 11.4 Å². The summed E-state index contributed by atoms with van der Waals surface area (Å²) in [5.74, 6) is 3.09. The molecule has 3 aromatic rings. The van der Waals surface area contributed by atoms with Crippen molar-refractivity contribution in [1.29, 1.82) is 10.5 Å². The summed E-state index contributed by atoms with van der Waals surface area (Å²) < 4.78 is 0. The van der Waals surface area contributed by atoms with Crippen molar-refractivity contribution >= 4 is 12.2 Å². The molecule has 0 saturated carbocycles. The zero-order chi connectivity index (χ0) is 27.1. The number of benzene rings is 1. The van der Waals surface area contributed by atoms with Crippen molar-refractivity contribution in [3.63, 3.8) is 0 Å². The Labute approximate surface area is 218 Å². The summed E-state index contributed by atoms with van der Waals surface area (Å²) >= 11 is 0. The molecule has 0 atom stereocenters. The molecular formula is C28H18N10. The average Bonchev–Trinajstić information content (AvgIpc) is 3.47. The van der Waals surface area contributed by atoms with E-state index in [4.69, 9.17) is 13.1 Å². The molecule has 2 aromatic heterocycles. The number of hydrogen-bond acceptors (Lipinski definition) is 8. The Morgan fingerprint density at radius 3 is 1.47 bits per heavy atom. The van der Waals surface area contributed by atoms with Crippen LogP contribution in [0, 0.1) is 63.5 Å². The lowest BCUT2D eigenvalue weighted by atomic mass is 9.92. The summed E-state index contributed by atoms with van der Waals surface area (Å²) in [6, 6.07) is 4.00. The first-order valence-corrected chi connectivity index (χ1v) is 11.6. The van der Waals surface area contributed by atoms with E-state index in [1.54, 1.807) is 27.7 Å². The van der Waals surface area contributed by atoms with E-state index in [0.29, 0.717) is 58.9 Å². The third-order valence-corrected chi connectivity index (χ3v) is 6.37. The maximum atomic E-state index is 9.62.